The van der Waals surface area contributed by atoms with Gasteiger partial charge in [-0.15, -0.1) is 0 Å². The smallest absolute Gasteiger partial charge is 0.132 e. The summed E-state index contributed by atoms with van der Waals surface area (Å²) in [5, 5.41) is 0. The Labute approximate surface area is 93.9 Å². The van der Waals surface area contributed by atoms with Crippen LogP contribution in [0.4, 0.5) is 0 Å². The zero-order valence-corrected chi connectivity index (χ0v) is 9.10. The minimum absolute atomic E-state index is 0.714. The van der Waals surface area contributed by atoms with Gasteiger partial charge in [0, 0.05) is 0 Å². The Hall–Kier alpha value is -2.10. The van der Waals surface area contributed by atoms with Gasteiger partial charge in [-0.05, 0) is 18.2 Å². The van der Waals surface area contributed by atoms with Crippen molar-refractivity contribution in [3.05, 3.63) is 36.8 Å². The Balaban J connectivity index is 2.62. The molecule has 0 fully saturated rings. The summed E-state index contributed by atoms with van der Waals surface area (Å²) in [5.41, 5.74) is 1.54. The lowest BCUT2D eigenvalue weighted by atomic mass is 10.1. The van der Waals surface area contributed by atoms with Gasteiger partial charge in [-0.3, -0.25) is 0 Å². The van der Waals surface area contributed by atoms with E-state index in [9.17, 15) is 0 Å². The van der Waals surface area contributed by atoms with Crippen LogP contribution >= 0.6 is 0 Å². The third-order valence-corrected chi connectivity index (χ3v) is 2.21. The average molecular weight is 215 g/mol. The van der Waals surface area contributed by atoms with Crippen molar-refractivity contribution in [1.29, 1.82) is 0 Å². The highest BCUT2D eigenvalue weighted by Gasteiger charge is 2.12. The largest absolute Gasteiger partial charge is 0.496 e. The summed E-state index contributed by atoms with van der Waals surface area (Å²) >= 11 is 0. The van der Waals surface area contributed by atoms with Crippen LogP contribution < -0.4 is 9.47 Å². The van der Waals surface area contributed by atoms with E-state index in [1.54, 1.807) is 20.3 Å². The zero-order valence-electron chi connectivity index (χ0n) is 9.10. The third kappa shape index (κ3) is 1.82. The van der Waals surface area contributed by atoms with Gasteiger partial charge in [0.1, 0.15) is 17.8 Å². The second-order valence-corrected chi connectivity index (χ2v) is 3.07. The van der Waals surface area contributed by atoms with Crippen molar-refractivity contribution >= 4 is 0 Å². The summed E-state index contributed by atoms with van der Waals surface area (Å²) in [6.45, 7) is 0. The first-order valence-electron chi connectivity index (χ1n) is 4.76. The minimum Gasteiger partial charge on any atom is -0.496 e. The summed E-state index contributed by atoms with van der Waals surface area (Å²) in [6.07, 6.45) is 4.18. The van der Waals surface area contributed by atoms with E-state index in [4.69, 9.17) is 9.47 Å². The van der Waals surface area contributed by atoms with E-state index in [2.05, 4.69) is 16.2 Å². The van der Waals surface area contributed by atoms with Crippen molar-refractivity contribution in [3.63, 3.8) is 0 Å². The molecule has 0 amide bonds. The van der Waals surface area contributed by atoms with Crippen molar-refractivity contribution in [2.24, 2.45) is 0 Å². The van der Waals surface area contributed by atoms with E-state index in [0.717, 1.165) is 11.3 Å². The van der Waals surface area contributed by atoms with Gasteiger partial charge in [0.2, 0.25) is 0 Å². The van der Waals surface area contributed by atoms with Crippen LogP contribution in [0.5, 0.6) is 11.5 Å². The Morgan fingerprint density at radius 3 is 2.31 bits per heavy atom. The van der Waals surface area contributed by atoms with Gasteiger partial charge in [0.25, 0.3) is 0 Å². The van der Waals surface area contributed by atoms with Crippen LogP contribution in [0.25, 0.3) is 11.3 Å². The molecule has 1 aromatic carbocycles. The van der Waals surface area contributed by atoms with Crippen molar-refractivity contribution in [3.8, 4) is 22.8 Å². The lowest BCUT2D eigenvalue weighted by Gasteiger charge is -2.11. The van der Waals surface area contributed by atoms with Crippen LogP contribution in [0, 0.1) is 6.20 Å². The Morgan fingerprint density at radius 2 is 1.81 bits per heavy atom. The van der Waals surface area contributed by atoms with E-state index >= 15 is 0 Å². The molecule has 0 aliphatic rings. The first-order chi connectivity index (χ1) is 7.86. The Morgan fingerprint density at radius 1 is 1.12 bits per heavy atom. The molecule has 0 saturated carbocycles. The normalized spacial score (nSPS) is 9.88. The molecule has 16 heavy (non-hydrogen) atoms. The maximum atomic E-state index is 5.29. The highest BCUT2D eigenvalue weighted by atomic mass is 16.5. The molecule has 0 aliphatic carbocycles. The number of nitrogens with zero attached hydrogens (tertiary/aromatic N) is 2. The number of methoxy groups -OCH3 is 2. The second kappa shape index (κ2) is 4.61. The first kappa shape index (κ1) is 10.4. The molecule has 1 aromatic heterocycles. The molecule has 0 N–H and O–H groups in total. The maximum Gasteiger partial charge on any atom is 0.132 e. The van der Waals surface area contributed by atoms with Crippen LogP contribution in [-0.2, 0) is 0 Å². The summed E-state index contributed by atoms with van der Waals surface area (Å²) in [7, 11) is 3.23. The molecule has 0 saturated heterocycles. The average Bonchev–Trinajstić information content (AvgIpc) is 2.38. The molecule has 0 spiro atoms. The van der Waals surface area contributed by atoms with Gasteiger partial charge >= 0.3 is 0 Å². The molecule has 2 rings (SSSR count). The van der Waals surface area contributed by atoms with Crippen molar-refractivity contribution in [2.75, 3.05) is 14.2 Å². The third-order valence-electron chi connectivity index (χ3n) is 2.21. The van der Waals surface area contributed by atoms with Gasteiger partial charge in [0.15, 0.2) is 0 Å². The highest BCUT2D eigenvalue weighted by molar-refractivity contribution is 5.73. The topological polar surface area (TPSA) is 44.2 Å². The van der Waals surface area contributed by atoms with Gasteiger partial charge in [-0.25, -0.2) is 9.97 Å². The quantitative estimate of drug-likeness (QED) is 0.785. The number of hydrogen-bond donors (Lipinski definition) is 0. The molecule has 81 valence electrons. The summed E-state index contributed by atoms with van der Waals surface area (Å²) in [5.74, 6) is 1.43. The number of ether oxygens (including phenoxy) is 2. The molecule has 1 heterocycles. The standard InChI is InChI=1S/C12H11N2O2/c1-15-10-4-3-5-11(16-2)12(10)9-6-7-13-8-14-9/h3-6,8H,1-2H3. The van der Waals surface area contributed by atoms with E-state index in [1.807, 2.05) is 18.2 Å². The number of hydrogen-bond acceptors (Lipinski definition) is 4. The SMILES string of the molecule is COc1cccc(OC)c1-c1c[c]ncn1. The molecule has 0 aliphatic heterocycles. The van der Waals surface area contributed by atoms with Gasteiger partial charge in [-0.2, -0.15) is 0 Å². The summed E-state index contributed by atoms with van der Waals surface area (Å²) < 4.78 is 10.6. The molecule has 0 unspecified atom stereocenters. The minimum atomic E-state index is 0.714. The van der Waals surface area contributed by atoms with Crippen LogP contribution in [0.1, 0.15) is 0 Å². The zero-order chi connectivity index (χ0) is 11.4. The maximum absolute atomic E-state index is 5.29. The molecule has 1 radical (unpaired) electrons. The fraction of sp³-hybridized carbons (Fsp3) is 0.167. The van der Waals surface area contributed by atoms with E-state index < -0.39 is 0 Å². The molecular formula is C12H11N2O2. The number of rotatable bonds is 3. The predicted octanol–water partition coefficient (Wildman–Crippen LogP) is 1.96. The van der Waals surface area contributed by atoms with E-state index in [0.29, 0.717) is 11.5 Å². The Kier molecular flexibility index (Phi) is 3.00. The van der Waals surface area contributed by atoms with Crippen molar-refractivity contribution in [2.45, 2.75) is 0 Å². The monoisotopic (exact) mass is 215 g/mol. The molecular weight excluding hydrogens is 204 g/mol. The van der Waals surface area contributed by atoms with Gasteiger partial charge in [0.05, 0.1) is 31.7 Å². The van der Waals surface area contributed by atoms with Gasteiger partial charge in [-0.1, -0.05) is 6.07 Å². The van der Waals surface area contributed by atoms with Crippen molar-refractivity contribution in [1.82, 2.24) is 9.97 Å². The van der Waals surface area contributed by atoms with E-state index in [1.165, 1.54) is 6.33 Å². The van der Waals surface area contributed by atoms with Crippen molar-refractivity contribution < 1.29 is 9.47 Å². The highest BCUT2D eigenvalue weighted by Crippen LogP contribution is 2.36. The van der Waals surface area contributed by atoms with E-state index in [-0.39, 0.29) is 0 Å². The fourth-order valence-electron chi connectivity index (χ4n) is 1.50. The summed E-state index contributed by atoms with van der Waals surface area (Å²) in [6, 6.07) is 7.28. The first-order valence-corrected chi connectivity index (χ1v) is 4.76. The molecule has 4 heteroatoms. The number of aromatic nitrogens is 2. The lowest BCUT2D eigenvalue weighted by molar-refractivity contribution is 0.397. The molecule has 0 atom stereocenters. The van der Waals surface area contributed by atoms with Crippen LogP contribution in [-0.4, -0.2) is 24.2 Å². The fourth-order valence-corrected chi connectivity index (χ4v) is 1.50. The number of benzene rings is 1. The lowest BCUT2D eigenvalue weighted by Crippen LogP contribution is -1.94. The van der Waals surface area contributed by atoms with Crippen LogP contribution in [0.15, 0.2) is 30.6 Å². The molecule has 4 nitrogen and oxygen atoms in total. The van der Waals surface area contributed by atoms with Gasteiger partial charge < -0.3 is 9.47 Å². The second-order valence-electron chi connectivity index (χ2n) is 3.07. The summed E-state index contributed by atoms with van der Waals surface area (Å²) in [4.78, 5) is 7.93. The molecule has 0 bridgehead atoms. The molecule has 2 aromatic rings. The van der Waals surface area contributed by atoms with Crippen LogP contribution in [0.2, 0.25) is 0 Å². The Bertz CT molecular complexity index is 449. The van der Waals surface area contributed by atoms with Crippen LogP contribution in [0.3, 0.4) is 0 Å². The predicted molar refractivity (Wildman–Crippen MR) is 59.4 cm³/mol.